The zero-order valence-corrected chi connectivity index (χ0v) is 20.0. The Kier molecular flexibility index (Phi) is 6.63. The standard InChI is InChI=1S/C28H34N2O2/c1-19(30-26(31)32-28(5,6)7)29-18-21-10-8-13-25-23(11-9-12-24(21)25)20-14-16-22(17-15-20)27(2,3)4/h8-17,29H,1,18H2,2-7H3,(H,30,31). The average Bonchev–Trinajstić information content (AvgIpc) is 2.69. The molecule has 0 unspecified atom stereocenters. The van der Waals surface area contributed by atoms with Gasteiger partial charge < -0.3 is 10.1 Å². The first-order valence-corrected chi connectivity index (χ1v) is 11.0. The monoisotopic (exact) mass is 430 g/mol. The highest BCUT2D eigenvalue weighted by Crippen LogP contribution is 2.32. The Hall–Kier alpha value is -3.27. The topological polar surface area (TPSA) is 50.4 Å². The van der Waals surface area contributed by atoms with E-state index < -0.39 is 11.7 Å². The molecule has 32 heavy (non-hydrogen) atoms. The highest BCUT2D eigenvalue weighted by atomic mass is 16.6. The first-order chi connectivity index (χ1) is 14.9. The lowest BCUT2D eigenvalue weighted by Gasteiger charge is -2.21. The quantitative estimate of drug-likeness (QED) is 0.463. The Balaban J connectivity index is 1.79. The van der Waals surface area contributed by atoms with Crippen LogP contribution >= 0.6 is 0 Å². The van der Waals surface area contributed by atoms with Gasteiger partial charge in [-0.15, -0.1) is 0 Å². The van der Waals surface area contributed by atoms with Crippen LogP contribution in [0.3, 0.4) is 0 Å². The van der Waals surface area contributed by atoms with Gasteiger partial charge in [0.25, 0.3) is 0 Å². The first kappa shape index (κ1) is 23.4. The molecule has 0 aromatic heterocycles. The maximum atomic E-state index is 11.9. The van der Waals surface area contributed by atoms with E-state index in [-0.39, 0.29) is 5.41 Å². The summed E-state index contributed by atoms with van der Waals surface area (Å²) in [5.41, 5.74) is 4.43. The molecular weight excluding hydrogens is 396 g/mol. The van der Waals surface area contributed by atoms with Gasteiger partial charge in [0.05, 0.1) is 0 Å². The number of nitrogens with one attached hydrogen (secondary N) is 2. The SMILES string of the molecule is C=C(NCc1cccc2c(-c3ccc(C(C)(C)C)cc3)cccc12)NC(=O)OC(C)(C)C. The molecule has 0 heterocycles. The van der Waals surface area contributed by atoms with Crippen molar-refractivity contribution in [2.24, 2.45) is 0 Å². The van der Waals surface area contributed by atoms with E-state index in [0.29, 0.717) is 12.4 Å². The largest absolute Gasteiger partial charge is 0.444 e. The zero-order valence-electron chi connectivity index (χ0n) is 20.0. The van der Waals surface area contributed by atoms with Gasteiger partial charge >= 0.3 is 6.09 Å². The molecule has 168 valence electrons. The molecule has 2 N–H and O–H groups in total. The fourth-order valence-corrected chi connectivity index (χ4v) is 3.60. The molecule has 0 aliphatic heterocycles. The van der Waals surface area contributed by atoms with Gasteiger partial charge in [-0.2, -0.15) is 0 Å². The summed E-state index contributed by atoms with van der Waals surface area (Å²) < 4.78 is 5.27. The zero-order chi connectivity index (χ0) is 23.5. The summed E-state index contributed by atoms with van der Waals surface area (Å²) in [6.45, 7) is 16.6. The third-order valence-electron chi connectivity index (χ3n) is 5.22. The summed E-state index contributed by atoms with van der Waals surface area (Å²) in [4.78, 5) is 11.9. The van der Waals surface area contributed by atoms with Crippen molar-refractivity contribution in [1.29, 1.82) is 0 Å². The number of benzene rings is 3. The number of carbonyl (C=O) groups excluding carboxylic acids is 1. The number of ether oxygens (including phenoxy) is 1. The molecular formula is C28H34N2O2. The fourth-order valence-electron chi connectivity index (χ4n) is 3.60. The second kappa shape index (κ2) is 9.07. The van der Waals surface area contributed by atoms with Crippen LogP contribution < -0.4 is 10.6 Å². The first-order valence-electron chi connectivity index (χ1n) is 11.0. The molecule has 1 amide bonds. The molecule has 0 atom stereocenters. The number of fused-ring (bicyclic) bond motifs is 1. The Morgan fingerprint density at radius 1 is 0.875 bits per heavy atom. The summed E-state index contributed by atoms with van der Waals surface area (Å²) in [6, 6.07) is 21.5. The Bertz CT molecular complexity index is 1120. The van der Waals surface area contributed by atoms with Gasteiger partial charge in [0.2, 0.25) is 0 Å². The third kappa shape index (κ3) is 5.91. The average molecular weight is 431 g/mol. The van der Waals surface area contributed by atoms with E-state index in [4.69, 9.17) is 4.74 Å². The molecule has 0 aliphatic rings. The molecule has 0 saturated carbocycles. The predicted molar refractivity (Wildman–Crippen MR) is 133 cm³/mol. The van der Waals surface area contributed by atoms with Gasteiger partial charge in [0, 0.05) is 6.54 Å². The van der Waals surface area contributed by atoms with Crippen LogP contribution in [0.25, 0.3) is 21.9 Å². The predicted octanol–water partition coefficient (Wildman–Crippen LogP) is 6.89. The van der Waals surface area contributed by atoms with Gasteiger partial charge in [-0.25, -0.2) is 4.79 Å². The van der Waals surface area contributed by atoms with Crippen LogP contribution in [0.2, 0.25) is 0 Å². The summed E-state index contributed by atoms with van der Waals surface area (Å²) in [5, 5.41) is 8.19. The molecule has 0 fully saturated rings. The molecule has 0 aliphatic carbocycles. The number of rotatable bonds is 5. The van der Waals surface area contributed by atoms with Crippen LogP contribution in [0, 0.1) is 0 Å². The van der Waals surface area contributed by atoms with E-state index in [2.05, 4.69) is 98.6 Å². The summed E-state index contributed by atoms with van der Waals surface area (Å²) in [6.07, 6.45) is -0.520. The van der Waals surface area contributed by atoms with Crippen molar-refractivity contribution in [2.45, 2.75) is 59.1 Å². The molecule has 0 bridgehead atoms. The van der Waals surface area contributed by atoms with Crippen molar-refractivity contribution in [2.75, 3.05) is 0 Å². The maximum absolute atomic E-state index is 11.9. The normalized spacial score (nSPS) is 11.8. The van der Waals surface area contributed by atoms with E-state index in [1.54, 1.807) is 0 Å². The van der Waals surface area contributed by atoms with E-state index in [9.17, 15) is 4.79 Å². The molecule has 0 spiro atoms. The van der Waals surface area contributed by atoms with Crippen molar-refractivity contribution in [1.82, 2.24) is 10.6 Å². The van der Waals surface area contributed by atoms with Gasteiger partial charge in [0.1, 0.15) is 11.4 Å². The van der Waals surface area contributed by atoms with Crippen LogP contribution in [0.4, 0.5) is 4.79 Å². The van der Waals surface area contributed by atoms with E-state index >= 15 is 0 Å². The number of hydrogen-bond acceptors (Lipinski definition) is 3. The molecule has 3 aromatic carbocycles. The molecule has 4 nitrogen and oxygen atoms in total. The van der Waals surface area contributed by atoms with Crippen molar-refractivity contribution in [3.63, 3.8) is 0 Å². The Morgan fingerprint density at radius 2 is 1.50 bits per heavy atom. The van der Waals surface area contributed by atoms with Gasteiger partial charge in [-0.05, 0) is 59.2 Å². The molecule has 3 rings (SSSR count). The van der Waals surface area contributed by atoms with Gasteiger partial charge in [-0.1, -0.05) is 88.0 Å². The van der Waals surface area contributed by atoms with E-state index in [0.717, 1.165) is 5.56 Å². The lowest BCUT2D eigenvalue weighted by atomic mass is 9.86. The minimum atomic E-state index is -0.554. The van der Waals surface area contributed by atoms with Crippen LogP contribution in [0.15, 0.2) is 73.1 Å². The van der Waals surface area contributed by atoms with Gasteiger partial charge in [0.15, 0.2) is 0 Å². The van der Waals surface area contributed by atoms with Crippen molar-refractivity contribution < 1.29 is 9.53 Å². The number of alkyl carbamates (subject to hydrolysis) is 1. The minimum Gasteiger partial charge on any atom is -0.444 e. The fraction of sp³-hybridized carbons (Fsp3) is 0.321. The minimum absolute atomic E-state index is 0.131. The molecule has 4 heteroatoms. The second-order valence-electron chi connectivity index (χ2n) is 10.1. The summed E-state index contributed by atoms with van der Waals surface area (Å²) in [5.74, 6) is 0.408. The smallest absolute Gasteiger partial charge is 0.413 e. The van der Waals surface area contributed by atoms with Crippen LogP contribution in [-0.4, -0.2) is 11.7 Å². The highest BCUT2D eigenvalue weighted by molar-refractivity contribution is 5.98. The number of carbonyl (C=O) groups is 1. The maximum Gasteiger partial charge on any atom is 0.413 e. The van der Waals surface area contributed by atoms with Crippen molar-refractivity contribution in [3.8, 4) is 11.1 Å². The van der Waals surface area contributed by atoms with Crippen LogP contribution in [0.5, 0.6) is 0 Å². The Labute approximate surface area is 191 Å². The molecule has 0 radical (unpaired) electrons. The lowest BCUT2D eigenvalue weighted by Crippen LogP contribution is -2.35. The van der Waals surface area contributed by atoms with Gasteiger partial charge in [-0.3, -0.25) is 5.32 Å². The van der Waals surface area contributed by atoms with E-state index in [1.165, 1.54) is 27.5 Å². The Morgan fingerprint density at radius 3 is 2.12 bits per heavy atom. The highest BCUT2D eigenvalue weighted by Gasteiger charge is 2.17. The van der Waals surface area contributed by atoms with Crippen LogP contribution in [0.1, 0.15) is 52.7 Å². The number of hydrogen-bond donors (Lipinski definition) is 2. The summed E-state index contributed by atoms with van der Waals surface area (Å²) in [7, 11) is 0. The van der Waals surface area contributed by atoms with Crippen molar-refractivity contribution in [3.05, 3.63) is 84.2 Å². The lowest BCUT2D eigenvalue weighted by molar-refractivity contribution is 0.0542. The second-order valence-corrected chi connectivity index (χ2v) is 10.1. The molecule has 0 saturated heterocycles. The molecule has 3 aromatic rings. The van der Waals surface area contributed by atoms with Crippen LogP contribution in [-0.2, 0) is 16.7 Å². The number of amides is 1. The van der Waals surface area contributed by atoms with Crippen molar-refractivity contribution >= 4 is 16.9 Å². The van der Waals surface area contributed by atoms with E-state index in [1.807, 2.05) is 20.8 Å². The summed E-state index contributed by atoms with van der Waals surface area (Å²) >= 11 is 0. The third-order valence-corrected chi connectivity index (χ3v) is 5.22.